The number of nitrogens with zero attached hydrogens (tertiary/aromatic N) is 6. The number of carbonyl (C=O) groups is 1. The fourth-order valence-corrected chi connectivity index (χ4v) is 5.47. The minimum absolute atomic E-state index is 0.0212. The monoisotopic (exact) mass is 709 g/mol. The van der Waals surface area contributed by atoms with Gasteiger partial charge in [-0.2, -0.15) is 44.3 Å². The van der Waals surface area contributed by atoms with Gasteiger partial charge in [0.1, 0.15) is 6.04 Å². The Morgan fingerprint density at radius 2 is 1.59 bits per heavy atom. The van der Waals surface area contributed by atoms with E-state index in [1.54, 1.807) is 25.7 Å². The lowest BCUT2D eigenvalue weighted by atomic mass is 9.89. The molecule has 4 rings (SSSR count). The molecule has 0 radical (unpaired) electrons. The molecule has 0 fully saturated rings. The summed E-state index contributed by atoms with van der Waals surface area (Å²) in [7, 11) is 1.08. The first-order valence-electron chi connectivity index (χ1n) is 14.6. The third-order valence-corrected chi connectivity index (χ3v) is 7.56. The van der Waals surface area contributed by atoms with Gasteiger partial charge in [0.15, 0.2) is 5.88 Å². The molecule has 1 aliphatic heterocycles. The number of ether oxygens (including phenoxy) is 2. The predicted molar refractivity (Wildman–Crippen MR) is 157 cm³/mol. The van der Waals surface area contributed by atoms with Gasteiger partial charge in [-0.05, 0) is 86.5 Å². The standard InChI is InChI=1S/C30H32F9N7O3/c1-15(2)49-17(4)46-16(3)8-25(22-12-19(28(31,32)33)6-7-24(22)46)44(27-41-43-45(42-27)14-23(40)26(47)48-5)13-18-9-20(29(34,35)36)11-21(10-18)30(37,38)39/h6-7,9-12,15-16,23,25H,4,8,13-14,40H2,1-3,5H3/t16?,23-,25?/m1/s1. The number of esters is 1. The van der Waals surface area contributed by atoms with E-state index in [2.05, 4.69) is 26.7 Å². The van der Waals surface area contributed by atoms with Crippen molar-refractivity contribution < 1.29 is 53.8 Å². The number of rotatable bonds is 10. The summed E-state index contributed by atoms with van der Waals surface area (Å²) in [6.45, 7) is 7.89. The van der Waals surface area contributed by atoms with Crippen molar-refractivity contribution in [1.82, 2.24) is 20.2 Å². The summed E-state index contributed by atoms with van der Waals surface area (Å²) in [6, 6.07) is 0.765. The van der Waals surface area contributed by atoms with Crippen LogP contribution in [-0.4, -0.2) is 51.5 Å². The van der Waals surface area contributed by atoms with E-state index >= 15 is 0 Å². The average molecular weight is 710 g/mol. The molecule has 0 saturated carbocycles. The van der Waals surface area contributed by atoms with Crippen LogP contribution in [-0.2, 0) is 45.9 Å². The van der Waals surface area contributed by atoms with Gasteiger partial charge in [0.2, 0.25) is 0 Å². The lowest BCUT2D eigenvalue weighted by Gasteiger charge is -2.44. The molecule has 268 valence electrons. The van der Waals surface area contributed by atoms with E-state index in [-0.39, 0.29) is 41.7 Å². The van der Waals surface area contributed by atoms with E-state index in [1.165, 1.54) is 6.07 Å². The van der Waals surface area contributed by atoms with Crippen molar-refractivity contribution in [2.24, 2.45) is 5.73 Å². The second-order valence-corrected chi connectivity index (χ2v) is 11.6. The zero-order chi connectivity index (χ0) is 36.6. The van der Waals surface area contributed by atoms with Crippen LogP contribution in [0.4, 0.5) is 51.1 Å². The van der Waals surface area contributed by atoms with Crippen LogP contribution >= 0.6 is 0 Å². The molecule has 2 heterocycles. The van der Waals surface area contributed by atoms with E-state index in [1.807, 2.05) is 0 Å². The Balaban J connectivity index is 1.93. The van der Waals surface area contributed by atoms with Crippen LogP contribution in [0, 0.1) is 0 Å². The topological polar surface area (TPSA) is 112 Å². The maximum Gasteiger partial charge on any atom is 0.416 e. The number of fused-ring (bicyclic) bond motifs is 1. The number of halogens is 9. The molecule has 0 saturated heterocycles. The number of benzene rings is 2. The summed E-state index contributed by atoms with van der Waals surface area (Å²) in [5.41, 5.74) is 1.19. The zero-order valence-corrected chi connectivity index (χ0v) is 26.5. The van der Waals surface area contributed by atoms with Crippen LogP contribution in [0.1, 0.15) is 61.1 Å². The van der Waals surface area contributed by atoms with Crippen LogP contribution < -0.4 is 15.5 Å². The largest absolute Gasteiger partial charge is 0.477 e. The van der Waals surface area contributed by atoms with E-state index in [0.717, 1.165) is 28.9 Å². The number of hydrogen-bond donors (Lipinski definition) is 1. The number of hydrogen-bond acceptors (Lipinski definition) is 9. The van der Waals surface area contributed by atoms with Crippen LogP contribution in [0.5, 0.6) is 0 Å². The number of anilines is 2. The molecule has 3 aromatic rings. The predicted octanol–water partition coefficient (Wildman–Crippen LogP) is 6.47. The maximum atomic E-state index is 14.0. The van der Waals surface area contributed by atoms with E-state index in [4.69, 9.17) is 10.5 Å². The number of nitrogens with two attached hydrogens (primary N) is 1. The Labute approximate surface area is 274 Å². The minimum Gasteiger partial charge on any atom is -0.477 e. The minimum atomic E-state index is -5.17. The van der Waals surface area contributed by atoms with Crippen LogP contribution in [0.15, 0.2) is 48.9 Å². The van der Waals surface area contributed by atoms with Gasteiger partial charge in [-0.3, -0.25) is 4.79 Å². The van der Waals surface area contributed by atoms with Gasteiger partial charge in [-0.25, -0.2) is 0 Å². The average Bonchev–Trinajstić information content (AvgIpc) is 3.44. The quantitative estimate of drug-likeness (QED) is 0.144. The van der Waals surface area contributed by atoms with Gasteiger partial charge < -0.3 is 25.0 Å². The molecular weight excluding hydrogens is 677 g/mol. The highest BCUT2D eigenvalue weighted by molar-refractivity contribution is 5.75. The molecule has 0 spiro atoms. The van der Waals surface area contributed by atoms with Gasteiger partial charge in [0, 0.05) is 18.3 Å². The van der Waals surface area contributed by atoms with E-state index in [9.17, 15) is 44.3 Å². The zero-order valence-electron chi connectivity index (χ0n) is 26.5. The van der Waals surface area contributed by atoms with E-state index < -0.39 is 78.0 Å². The number of methoxy groups -OCH3 is 1. The lowest BCUT2D eigenvalue weighted by Crippen LogP contribution is -2.44. The first-order chi connectivity index (χ1) is 22.6. The molecule has 10 nitrogen and oxygen atoms in total. The summed E-state index contributed by atoms with van der Waals surface area (Å²) in [6.07, 6.45) is -15.6. The van der Waals surface area contributed by atoms with Gasteiger partial charge in [-0.15, -0.1) is 5.10 Å². The van der Waals surface area contributed by atoms with Gasteiger partial charge in [-0.1, -0.05) is 5.10 Å². The highest BCUT2D eigenvalue weighted by Crippen LogP contribution is 2.46. The van der Waals surface area contributed by atoms with Crippen LogP contribution in [0.2, 0.25) is 0 Å². The molecule has 0 aliphatic carbocycles. The Bertz CT molecular complexity index is 1640. The molecule has 2 aromatic carbocycles. The number of alkyl halides is 9. The van der Waals surface area contributed by atoms with Crippen molar-refractivity contribution in [3.05, 3.63) is 76.7 Å². The number of aromatic nitrogens is 4. The molecule has 0 amide bonds. The van der Waals surface area contributed by atoms with Crippen molar-refractivity contribution in [1.29, 1.82) is 0 Å². The second-order valence-electron chi connectivity index (χ2n) is 11.6. The van der Waals surface area contributed by atoms with Crippen molar-refractivity contribution >= 4 is 17.6 Å². The Morgan fingerprint density at radius 1 is 1.00 bits per heavy atom. The van der Waals surface area contributed by atoms with E-state index in [0.29, 0.717) is 12.1 Å². The fourth-order valence-electron chi connectivity index (χ4n) is 5.47. The summed E-state index contributed by atoms with van der Waals surface area (Å²) in [5.74, 6) is -1.13. The first kappa shape index (κ1) is 37.3. The molecule has 0 bridgehead atoms. The Kier molecular flexibility index (Phi) is 10.5. The third kappa shape index (κ3) is 8.55. The van der Waals surface area contributed by atoms with Crippen molar-refractivity contribution in [2.45, 2.75) is 83.0 Å². The SMILES string of the molecule is C=C(OC(C)C)N1c2ccc(C(F)(F)F)cc2C(N(Cc2cc(C(F)(F)F)cc(C(F)(F)F)c2)c2nnn(C[C@@H](N)C(=O)OC)n2)CC1C. The highest BCUT2D eigenvalue weighted by atomic mass is 19.4. The molecule has 1 aromatic heterocycles. The number of tetrazole rings is 1. The van der Waals surface area contributed by atoms with Crippen LogP contribution in [0.3, 0.4) is 0 Å². The molecular formula is C30H32F9N7O3. The highest BCUT2D eigenvalue weighted by Gasteiger charge is 2.41. The molecule has 3 atom stereocenters. The smallest absolute Gasteiger partial charge is 0.416 e. The van der Waals surface area contributed by atoms with Crippen molar-refractivity contribution in [2.75, 3.05) is 16.9 Å². The molecule has 1 aliphatic rings. The lowest BCUT2D eigenvalue weighted by molar-refractivity contribution is -0.144. The summed E-state index contributed by atoms with van der Waals surface area (Å²) >= 11 is 0. The normalized spacial score (nSPS) is 17.5. The van der Waals surface area contributed by atoms with Gasteiger partial charge >= 0.3 is 24.5 Å². The molecule has 2 N–H and O–H groups in total. The van der Waals surface area contributed by atoms with Crippen molar-refractivity contribution in [3.63, 3.8) is 0 Å². The molecule has 49 heavy (non-hydrogen) atoms. The molecule has 19 heteroatoms. The van der Waals surface area contributed by atoms with Gasteiger partial charge in [0.05, 0.1) is 42.5 Å². The Morgan fingerprint density at radius 3 is 2.12 bits per heavy atom. The maximum absolute atomic E-state index is 14.0. The summed E-state index contributed by atoms with van der Waals surface area (Å²) < 4.78 is 135. The second kappa shape index (κ2) is 13.8. The molecule has 2 unspecified atom stereocenters. The van der Waals surface area contributed by atoms with Gasteiger partial charge in [0.25, 0.3) is 5.95 Å². The fraction of sp³-hybridized carbons (Fsp3) is 0.467. The van der Waals surface area contributed by atoms with Crippen LogP contribution in [0.25, 0.3) is 0 Å². The number of carbonyl (C=O) groups excluding carboxylic acids is 1. The van der Waals surface area contributed by atoms with Crippen molar-refractivity contribution in [3.8, 4) is 0 Å². The third-order valence-electron chi connectivity index (χ3n) is 7.56. The Hall–Kier alpha value is -4.55. The summed E-state index contributed by atoms with van der Waals surface area (Å²) in [5, 5.41) is 11.9. The first-order valence-corrected chi connectivity index (χ1v) is 14.6. The summed E-state index contributed by atoms with van der Waals surface area (Å²) in [4.78, 5) is 15.4.